The maximum absolute atomic E-state index is 13.7. The van der Waals surface area contributed by atoms with Crippen LogP contribution < -0.4 is 25.2 Å². The summed E-state index contributed by atoms with van der Waals surface area (Å²) in [4.78, 5) is 14.7. The Morgan fingerprint density at radius 1 is 1.05 bits per heavy atom. The molecule has 2 fully saturated rings. The summed E-state index contributed by atoms with van der Waals surface area (Å²) < 4.78 is 19.0. The normalized spacial score (nSPS) is 23.7. The van der Waals surface area contributed by atoms with Gasteiger partial charge in [0.15, 0.2) is 0 Å². The number of halogens is 1. The second-order valence-electron chi connectivity index (χ2n) is 11.2. The van der Waals surface area contributed by atoms with E-state index < -0.39 is 0 Å². The second kappa shape index (κ2) is 9.56. The van der Waals surface area contributed by atoms with E-state index in [0.717, 1.165) is 67.5 Å². The molecule has 38 heavy (non-hydrogen) atoms. The predicted molar refractivity (Wildman–Crippen MR) is 147 cm³/mol. The van der Waals surface area contributed by atoms with Gasteiger partial charge < -0.3 is 25.2 Å². The van der Waals surface area contributed by atoms with E-state index in [1.54, 1.807) is 7.11 Å². The maximum atomic E-state index is 13.7. The number of ether oxygens (including phenoxy) is 1. The van der Waals surface area contributed by atoms with Gasteiger partial charge in [0.05, 0.1) is 19.0 Å². The Bertz CT molecular complexity index is 1300. The van der Waals surface area contributed by atoms with Crippen LogP contribution in [-0.2, 0) is 5.41 Å². The van der Waals surface area contributed by atoms with Crippen LogP contribution in [0.4, 0.5) is 33.3 Å². The van der Waals surface area contributed by atoms with E-state index in [2.05, 4.69) is 44.5 Å². The molecule has 0 amide bonds. The first-order chi connectivity index (χ1) is 18.4. The van der Waals surface area contributed by atoms with Gasteiger partial charge >= 0.3 is 0 Å². The molecule has 3 atom stereocenters. The Kier molecular flexibility index (Phi) is 6.20. The highest BCUT2D eigenvalue weighted by molar-refractivity contribution is 5.73. The van der Waals surface area contributed by atoms with Crippen LogP contribution in [0.25, 0.3) is 0 Å². The molecule has 10 heteroatoms. The number of nitrogens with one attached hydrogen (secondary N) is 2. The summed E-state index contributed by atoms with van der Waals surface area (Å²) in [5, 5.41) is 15.2. The summed E-state index contributed by atoms with van der Waals surface area (Å²) in [6.07, 6.45) is 5.08. The lowest BCUT2D eigenvalue weighted by Gasteiger charge is -2.41. The molecule has 9 nitrogen and oxygen atoms in total. The van der Waals surface area contributed by atoms with Crippen LogP contribution in [-0.4, -0.2) is 60.0 Å². The summed E-state index contributed by atoms with van der Waals surface area (Å²) in [6.45, 7) is 7.15. The predicted octanol–water partition coefficient (Wildman–Crippen LogP) is 4.60. The third kappa shape index (κ3) is 4.35. The van der Waals surface area contributed by atoms with Crippen LogP contribution in [0.15, 0.2) is 36.5 Å². The number of fused-ring (bicyclic) bond motifs is 3. The van der Waals surface area contributed by atoms with Crippen LogP contribution in [0.5, 0.6) is 5.88 Å². The van der Waals surface area contributed by atoms with E-state index in [4.69, 9.17) is 14.7 Å². The molecule has 4 heterocycles. The number of benzene rings is 1. The van der Waals surface area contributed by atoms with E-state index >= 15 is 0 Å². The smallest absolute Gasteiger partial charge is 0.235 e. The first-order valence-corrected chi connectivity index (χ1v) is 13.4. The topological polar surface area (TPSA) is 91.3 Å². The largest absolute Gasteiger partial charge is 0.480 e. The van der Waals surface area contributed by atoms with Crippen molar-refractivity contribution < 1.29 is 9.13 Å². The molecule has 6 rings (SSSR count). The number of anilines is 5. The Morgan fingerprint density at radius 2 is 1.79 bits per heavy atom. The van der Waals surface area contributed by atoms with E-state index in [-0.39, 0.29) is 11.2 Å². The van der Waals surface area contributed by atoms with Crippen molar-refractivity contribution in [3.05, 3.63) is 47.9 Å². The van der Waals surface area contributed by atoms with Crippen molar-refractivity contribution in [2.45, 2.75) is 44.6 Å². The highest BCUT2D eigenvalue weighted by Gasteiger charge is 2.43. The van der Waals surface area contributed by atoms with Gasteiger partial charge in [-0.25, -0.2) is 4.39 Å². The standard InChI is InChI=1S/C28H35FN8O/c1-28(2)11-12-37(20-9-7-19(29)8-10-20)26-23(28)25(30-3)33-27(34-26)32-24-17-5-6-18(24)16-36(15-17)21-13-22(38-4)35-31-14-21/h7-10,13-14,17-18,24H,5-6,11-12,15-16H2,1-4H3,(H2,30,32,33,34)/t17-,18+,24-. The molecule has 1 aliphatic carbocycles. The molecule has 2 aliphatic heterocycles. The summed E-state index contributed by atoms with van der Waals surface area (Å²) in [6, 6.07) is 8.91. The van der Waals surface area contributed by atoms with Crippen molar-refractivity contribution in [1.29, 1.82) is 0 Å². The number of hydrogen-bond donors (Lipinski definition) is 2. The van der Waals surface area contributed by atoms with Gasteiger partial charge in [-0.15, -0.1) is 5.10 Å². The first kappa shape index (κ1) is 24.6. The van der Waals surface area contributed by atoms with Gasteiger partial charge in [0, 0.05) is 50.0 Å². The van der Waals surface area contributed by atoms with Crippen LogP contribution in [0, 0.1) is 17.7 Å². The molecule has 0 radical (unpaired) electrons. The minimum absolute atomic E-state index is 0.0905. The summed E-state index contributed by atoms with van der Waals surface area (Å²) in [5.41, 5.74) is 2.99. The fourth-order valence-electron chi connectivity index (χ4n) is 6.44. The first-order valence-electron chi connectivity index (χ1n) is 13.4. The molecule has 2 aromatic heterocycles. The summed E-state index contributed by atoms with van der Waals surface area (Å²) >= 11 is 0. The van der Waals surface area contributed by atoms with Gasteiger partial charge in [-0.3, -0.25) is 0 Å². The zero-order valence-electron chi connectivity index (χ0n) is 22.4. The molecule has 2 N–H and O–H groups in total. The lowest BCUT2D eigenvalue weighted by Crippen LogP contribution is -2.48. The molecule has 1 aromatic carbocycles. The molecule has 0 spiro atoms. The molecular formula is C28H35FN8O. The third-order valence-electron chi connectivity index (χ3n) is 8.48. The third-order valence-corrected chi connectivity index (χ3v) is 8.48. The Hall–Kier alpha value is -3.69. The Morgan fingerprint density at radius 3 is 2.47 bits per heavy atom. The highest BCUT2D eigenvalue weighted by Crippen LogP contribution is 2.46. The summed E-state index contributed by atoms with van der Waals surface area (Å²) in [7, 11) is 3.53. The molecular weight excluding hydrogens is 483 g/mol. The van der Waals surface area contributed by atoms with Crippen molar-refractivity contribution >= 4 is 29.0 Å². The molecule has 1 saturated carbocycles. The van der Waals surface area contributed by atoms with Crippen molar-refractivity contribution in [3.8, 4) is 5.88 Å². The van der Waals surface area contributed by atoms with Gasteiger partial charge in [0.1, 0.15) is 17.5 Å². The molecule has 3 aliphatic rings. The zero-order chi connectivity index (χ0) is 26.4. The van der Waals surface area contributed by atoms with E-state index in [1.165, 1.54) is 12.1 Å². The van der Waals surface area contributed by atoms with Crippen LogP contribution in [0.3, 0.4) is 0 Å². The molecule has 200 valence electrons. The number of nitrogens with zero attached hydrogens (tertiary/aromatic N) is 6. The molecule has 0 unspecified atom stereocenters. The molecule has 3 aromatic rings. The lowest BCUT2D eigenvalue weighted by molar-refractivity contribution is 0.372. The Balaban J connectivity index is 1.30. The summed E-state index contributed by atoms with van der Waals surface area (Å²) in [5.74, 6) is 3.59. The van der Waals surface area contributed by atoms with Gasteiger partial charge in [-0.1, -0.05) is 13.8 Å². The molecule has 2 bridgehead atoms. The van der Waals surface area contributed by atoms with Crippen molar-refractivity contribution in [1.82, 2.24) is 20.2 Å². The Labute approximate surface area is 222 Å². The number of methoxy groups -OCH3 is 1. The van der Waals surface area contributed by atoms with Crippen molar-refractivity contribution in [2.24, 2.45) is 11.8 Å². The SMILES string of the molecule is CNc1nc(N[C@@H]2[C@@H]3CC[C@H]2CN(c2cnnc(OC)c2)C3)nc2c1C(C)(C)CCN2c1ccc(F)cc1. The lowest BCUT2D eigenvalue weighted by atomic mass is 9.79. The molecule has 1 saturated heterocycles. The number of rotatable bonds is 6. The van der Waals surface area contributed by atoms with E-state index in [0.29, 0.717) is 29.7 Å². The number of piperidine rings is 1. The van der Waals surface area contributed by atoms with Gasteiger partial charge in [0.2, 0.25) is 11.8 Å². The van der Waals surface area contributed by atoms with Gasteiger partial charge in [-0.2, -0.15) is 15.1 Å². The average Bonchev–Trinajstić information content (AvgIpc) is 3.14. The van der Waals surface area contributed by atoms with Crippen LogP contribution in [0.2, 0.25) is 0 Å². The van der Waals surface area contributed by atoms with Gasteiger partial charge in [-0.05, 0) is 60.8 Å². The minimum atomic E-state index is -0.241. The van der Waals surface area contributed by atoms with E-state index in [1.807, 2.05) is 31.4 Å². The van der Waals surface area contributed by atoms with E-state index in [9.17, 15) is 4.39 Å². The van der Waals surface area contributed by atoms with Crippen molar-refractivity contribution in [2.75, 3.05) is 54.2 Å². The second-order valence-corrected chi connectivity index (χ2v) is 11.2. The number of aromatic nitrogens is 4. The fourth-order valence-corrected chi connectivity index (χ4v) is 6.44. The van der Waals surface area contributed by atoms with Gasteiger partial charge in [0.25, 0.3) is 0 Å². The monoisotopic (exact) mass is 518 g/mol. The van der Waals surface area contributed by atoms with Crippen molar-refractivity contribution in [3.63, 3.8) is 0 Å². The van der Waals surface area contributed by atoms with Crippen LogP contribution >= 0.6 is 0 Å². The maximum Gasteiger partial charge on any atom is 0.235 e. The highest BCUT2D eigenvalue weighted by atomic mass is 19.1. The average molecular weight is 519 g/mol. The quantitative estimate of drug-likeness (QED) is 0.486. The fraction of sp³-hybridized carbons (Fsp3) is 0.500. The zero-order valence-corrected chi connectivity index (χ0v) is 22.4. The minimum Gasteiger partial charge on any atom is -0.480 e. The number of hydrogen-bond acceptors (Lipinski definition) is 9. The van der Waals surface area contributed by atoms with Crippen LogP contribution in [0.1, 0.15) is 38.7 Å².